The zero-order valence-electron chi connectivity index (χ0n) is 9.15. The Balaban J connectivity index is 1.68. The molecule has 0 spiro atoms. The van der Waals surface area contributed by atoms with E-state index in [2.05, 4.69) is 0 Å². The van der Waals surface area contributed by atoms with Crippen molar-refractivity contribution in [1.82, 2.24) is 4.90 Å². The van der Waals surface area contributed by atoms with E-state index in [-0.39, 0.29) is 18.6 Å². The first-order valence-electron chi connectivity index (χ1n) is 5.88. The second kappa shape index (κ2) is 4.94. The van der Waals surface area contributed by atoms with Gasteiger partial charge in [0.25, 0.3) is 0 Å². The van der Waals surface area contributed by atoms with Crippen LogP contribution in [-0.2, 0) is 9.53 Å². The van der Waals surface area contributed by atoms with E-state index in [1.54, 1.807) is 0 Å². The van der Waals surface area contributed by atoms with Crippen LogP contribution in [0.1, 0.15) is 25.7 Å². The van der Waals surface area contributed by atoms with Crippen molar-refractivity contribution in [3.63, 3.8) is 0 Å². The van der Waals surface area contributed by atoms with Crippen LogP contribution >= 0.6 is 0 Å². The second-order valence-corrected chi connectivity index (χ2v) is 4.58. The van der Waals surface area contributed by atoms with Crippen LogP contribution in [0.3, 0.4) is 0 Å². The van der Waals surface area contributed by atoms with Crippen molar-refractivity contribution in [3.8, 4) is 0 Å². The number of hydrogen-bond acceptors (Lipinski definition) is 3. The number of amides is 1. The lowest BCUT2D eigenvalue weighted by atomic mass is 10.2. The monoisotopic (exact) mass is 212 g/mol. The molecule has 15 heavy (non-hydrogen) atoms. The fraction of sp³-hybridized carbons (Fsp3) is 0.909. The lowest BCUT2D eigenvalue weighted by Crippen LogP contribution is -2.41. The highest BCUT2D eigenvalue weighted by Gasteiger charge is 2.28. The van der Waals surface area contributed by atoms with Gasteiger partial charge in [0, 0.05) is 19.1 Å². The molecular formula is C11H20N2O2. The number of nitrogens with zero attached hydrogens (tertiary/aromatic N) is 1. The second-order valence-electron chi connectivity index (χ2n) is 4.58. The number of hydrogen-bond donors (Lipinski definition) is 1. The van der Waals surface area contributed by atoms with Crippen molar-refractivity contribution in [2.45, 2.75) is 31.7 Å². The minimum atomic E-state index is 0.114. The molecule has 1 aliphatic carbocycles. The molecule has 4 nitrogen and oxygen atoms in total. The average Bonchev–Trinajstić information content (AvgIpc) is 2.94. The Morgan fingerprint density at radius 1 is 1.40 bits per heavy atom. The fourth-order valence-electron chi connectivity index (χ4n) is 2.09. The van der Waals surface area contributed by atoms with Crippen LogP contribution < -0.4 is 5.73 Å². The lowest BCUT2D eigenvalue weighted by Gasteiger charge is -2.23. The summed E-state index contributed by atoms with van der Waals surface area (Å²) in [5, 5.41) is 0. The highest BCUT2D eigenvalue weighted by atomic mass is 16.5. The van der Waals surface area contributed by atoms with Crippen LogP contribution in [0.25, 0.3) is 0 Å². The van der Waals surface area contributed by atoms with E-state index in [4.69, 9.17) is 10.5 Å². The molecule has 1 saturated carbocycles. The maximum absolute atomic E-state index is 11.8. The van der Waals surface area contributed by atoms with E-state index in [0.717, 1.165) is 31.9 Å². The number of carbonyl (C=O) groups is 1. The molecule has 1 saturated heterocycles. The molecular weight excluding hydrogens is 192 g/mol. The van der Waals surface area contributed by atoms with E-state index in [1.165, 1.54) is 12.8 Å². The van der Waals surface area contributed by atoms with Gasteiger partial charge in [0.15, 0.2) is 0 Å². The highest BCUT2D eigenvalue weighted by Crippen LogP contribution is 2.28. The predicted octanol–water partition coefficient (Wildman–Crippen LogP) is 0.363. The van der Waals surface area contributed by atoms with Crippen LogP contribution in [0.15, 0.2) is 0 Å². The molecule has 1 unspecified atom stereocenters. The van der Waals surface area contributed by atoms with Crippen LogP contribution in [-0.4, -0.2) is 43.2 Å². The van der Waals surface area contributed by atoms with E-state index in [9.17, 15) is 4.79 Å². The minimum Gasteiger partial charge on any atom is -0.371 e. The topological polar surface area (TPSA) is 55.6 Å². The quantitative estimate of drug-likeness (QED) is 0.716. The van der Waals surface area contributed by atoms with Crippen LogP contribution in [0.4, 0.5) is 0 Å². The normalized spacial score (nSPS) is 25.9. The summed E-state index contributed by atoms with van der Waals surface area (Å²) in [6.45, 7) is 2.43. The molecule has 0 aromatic carbocycles. The van der Waals surface area contributed by atoms with Gasteiger partial charge in [0.1, 0.15) is 6.61 Å². The molecule has 0 aromatic rings. The summed E-state index contributed by atoms with van der Waals surface area (Å²) >= 11 is 0. The van der Waals surface area contributed by atoms with Crippen LogP contribution in [0.5, 0.6) is 0 Å². The molecule has 1 heterocycles. The van der Waals surface area contributed by atoms with E-state index < -0.39 is 0 Å². The van der Waals surface area contributed by atoms with Crippen molar-refractivity contribution in [2.75, 3.05) is 26.3 Å². The summed E-state index contributed by atoms with van der Waals surface area (Å²) in [4.78, 5) is 13.6. The smallest absolute Gasteiger partial charge is 0.248 e. The number of nitrogens with two attached hydrogens (primary N) is 1. The van der Waals surface area contributed by atoms with E-state index in [0.29, 0.717) is 6.54 Å². The van der Waals surface area contributed by atoms with Crippen molar-refractivity contribution in [3.05, 3.63) is 0 Å². The molecule has 2 aliphatic rings. The lowest BCUT2D eigenvalue weighted by molar-refractivity contribution is -0.136. The predicted molar refractivity (Wildman–Crippen MR) is 57.3 cm³/mol. The largest absolute Gasteiger partial charge is 0.371 e. The first-order valence-corrected chi connectivity index (χ1v) is 5.88. The van der Waals surface area contributed by atoms with Gasteiger partial charge in [-0.05, 0) is 31.6 Å². The number of rotatable bonds is 5. The highest BCUT2D eigenvalue weighted by molar-refractivity contribution is 5.78. The third kappa shape index (κ3) is 2.92. The summed E-state index contributed by atoms with van der Waals surface area (Å²) in [5.41, 5.74) is 5.61. The summed E-state index contributed by atoms with van der Waals surface area (Å²) in [6.07, 6.45) is 4.66. The Morgan fingerprint density at radius 2 is 2.20 bits per heavy atom. The minimum absolute atomic E-state index is 0.114. The third-order valence-electron chi connectivity index (χ3n) is 3.25. The van der Waals surface area contributed by atoms with Gasteiger partial charge in [0.05, 0.1) is 6.61 Å². The molecule has 1 atom stereocenters. The molecule has 4 heteroatoms. The van der Waals surface area contributed by atoms with Crippen molar-refractivity contribution in [1.29, 1.82) is 0 Å². The molecule has 2 N–H and O–H groups in total. The van der Waals surface area contributed by atoms with Gasteiger partial charge < -0.3 is 15.4 Å². The SMILES string of the molecule is NCC1CCCN1C(=O)COCC1CC1. The Labute approximate surface area is 90.8 Å². The summed E-state index contributed by atoms with van der Waals surface area (Å²) in [7, 11) is 0. The van der Waals surface area contributed by atoms with Gasteiger partial charge >= 0.3 is 0 Å². The average molecular weight is 212 g/mol. The van der Waals surface area contributed by atoms with Gasteiger partial charge in [-0.25, -0.2) is 0 Å². The summed E-state index contributed by atoms with van der Waals surface area (Å²) in [6, 6.07) is 0.252. The van der Waals surface area contributed by atoms with Crippen LogP contribution in [0, 0.1) is 5.92 Å². The van der Waals surface area contributed by atoms with Gasteiger partial charge in [-0.15, -0.1) is 0 Å². The van der Waals surface area contributed by atoms with Crippen molar-refractivity contribution >= 4 is 5.91 Å². The van der Waals surface area contributed by atoms with E-state index >= 15 is 0 Å². The fourth-order valence-corrected chi connectivity index (χ4v) is 2.09. The first kappa shape index (κ1) is 10.9. The Kier molecular flexibility index (Phi) is 3.59. The zero-order chi connectivity index (χ0) is 10.7. The molecule has 2 rings (SSSR count). The van der Waals surface area contributed by atoms with Crippen LogP contribution in [0.2, 0.25) is 0 Å². The Morgan fingerprint density at radius 3 is 2.87 bits per heavy atom. The maximum Gasteiger partial charge on any atom is 0.248 e. The van der Waals surface area contributed by atoms with Crippen molar-refractivity contribution < 1.29 is 9.53 Å². The molecule has 1 aliphatic heterocycles. The van der Waals surface area contributed by atoms with Gasteiger partial charge in [0.2, 0.25) is 5.91 Å². The Bertz CT molecular complexity index is 229. The third-order valence-corrected chi connectivity index (χ3v) is 3.25. The molecule has 2 fully saturated rings. The number of likely N-dealkylation sites (tertiary alicyclic amines) is 1. The van der Waals surface area contributed by atoms with Gasteiger partial charge in [-0.1, -0.05) is 0 Å². The standard InChI is InChI=1S/C11H20N2O2/c12-6-10-2-1-5-13(10)11(14)8-15-7-9-3-4-9/h9-10H,1-8,12H2. The maximum atomic E-state index is 11.8. The Hall–Kier alpha value is -0.610. The summed E-state index contributed by atoms with van der Waals surface area (Å²) < 4.78 is 5.39. The van der Waals surface area contributed by atoms with E-state index in [1.807, 2.05) is 4.90 Å². The molecule has 1 amide bonds. The molecule has 0 aromatic heterocycles. The first-order chi connectivity index (χ1) is 7.31. The van der Waals surface area contributed by atoms with Gasteiger partial charge in [-0.2, -0.15) is 0 Å². The molecule has 86 valence electrons. The molecule has 0 radical (unpaired) electrons. The van der Waals surface area contributed by atoms with Gasteiger partial charge in [-0.3, -0.25) is 4.79 Å². The molecule has 0 bridgehead atoms. The number of ether oxygens (including phenoxy) is 1. The summed E-state index contributed by atoms with van der Waals surface area (Å²) in [5.74, 6) is 0.838. The number of carbonyl (C=O) groups excluding carboxylic acids is 1. The van der Waals surface area contributed by atoms with Crippen molar-refractivity contribution in [2.24, 2.45) is 11.7 Å². The zero-order valence-corrected chi connectivity index (χ0v) is 9.15.